The number of nitrogens with one attached hydrogen (secondary N) is 1. The van der Waals surface area contributed by atoms with Crippen LogP contribution in [0.15, 0.2) is 29.3 Å². The molecule has 1 saturated heterocycles. The van der Waals surface area contributed by atoms with Crippen LogP contribution < -0.4 is 10.1 Å². The number of fused-ring (bicyclic) bond motifs is 1. The van der Waals surface area contributed by atoms with Gasteiger partial charge in [-0.3, -0.25) is 19.5 Å². The molecule has 0 aromatic heterocycles. The lowest BCUT2D eigenvalue weighted by molar-refractivity contribution is -0.129. The van der Waals surface area contributed by atoms with Gasteiger partial charge >= 0.3 is 0 Å². The summed E-state index contributed by atoms with van der Waals surface area (Å²) < 4.78 is 5.08. The van der Waals surface area contributed by atoms with E-state index in [1.54, 1.807) is 36.3 Å². The van der Waals surface area contributed by atoms with Crippen LogP contribution in [0.4, 0.5) is 5.69 Å². The number of anilines is 1. The number of methoxy groups -OCH3 is 1. The summed E-state index contributed by atoms with van der Waals surface area (Å²) in [4.78, 5) is 30.5. The predicted octanol–water partition coefficient (Wildman–Crippen LogP) is 1.73. The molecule has 2 aliphatic rings. The highest BCUT2D eigenvalue weighted by Crippen LogP contribution is 2.29. The van der Waals surface area contributed by atoms with Crippen molar-refractivity contribution in [1.82, 2.24) is 4.90 Å². The van der Waals surface area contributed by atoms with E-state index in [1.165, 1.54) is 11.8 Å². The van der Waals surface area contributed by atoms with E-state index in [0.717, 1.165) is 18.7 Å². The van der Waals surface area contributed by atoms with Crippen molar-refractivity contribution in [3.63, 3.8) is 0 Å². The number of amides is 2. The third kappa shape index (κ3) is 3.09. The number of nitrogens with zero attached hydrogens (tertiary/aromatic N) is 2. The summed E-state index contributed by atoms with van der Waals surface area (Å²) >= 11 is 1.37. The van der Waals surface area contributed by atoms with Gasteiger partial charge in [0.1, 0.15) is 11.0 Å². The van der Waals surface area contributed by atoms with Crippen LogP contribution in [0.1, 0.15) is 12.8 Å². The molecule has 3 rings (SSSR count). The Hall–Kier alpha value is -2.02. The Morgan fingerprint density at radius 2 is 2.18 bits per heavy atom. The summed E-state index contributed by atoms with van der Waals surface area (Å²) in [6.07, 6.45) is 1.10. The summed E-state index contributed by atoms with van der Waals surface area (Å²) in [5.74, 6) is 0.538. The molecular weight excluding hydrogens is 302 g/mol. The van der Waals surface area contributed by atoms with E-state index in [0.29, 0.717) is 17.4 Å². The van der Waals surface area contributed by atoms with Crippen molar-refractivity contribution in [2.75, 3.05) is 25.5 Å². The monoisotopic (exact) mass is 319 g/mol. The van der Waals surface area contributed by atoms with E-state index in [9.17, 15) is 9.59 Å². The number of thioether (sulfide) groups is 1. The number of hydrogen-bond donors (Lipinski definition) is 1. The van der Waals surface area contributed by atoms with Crippen LogP contribution in [0.2, 0.25) is 0 Å². The maximum absolute atomic E-state index is 12.4. The fourth-order valence-electron chi connectivity index (χ4n) is 2.40. The molecular formula is C15H17N3O3S. The molecule has 2 heterocycles. The Balaban J connectivity index is 1.67. The molecule has 0 bridgehead atoms. The minimum absolute atomic E-state index is 0.0212. The smallest absolute Gasteiger partial charge is 0.238 e. The lowest BCUT2D eigenvalue weighted by Gasteiger charge is -2.33. The molecule has 0 radical (unpaired) electrons. The van der Waals surface area contributed by atoms with Crippen molar-refractivity contribution in [3.8, 4) is 5.75 Å². The minimum Gasteiger partial charge on any atom is -0.497 e. The minimum atomic E-state index is -0.428. The van der Waals surface area contributed by atoms with E-state index in [-0.39, 0.29) is 18.2 Å². The second-order valence-electron chi connectivity index (χ2n) is 5.09. The number of amidine groups is 1. The quantitative estimate of drug-likeness (QED) is 0.921. The lowest BCUT2D eigenvalue weighted by atomic mass is 10.2. The molecule has 1 aromatic carbocycles. The molecule has 1 unspecified atom stereocenters. The Labute approximate surface area is 132 Å². The number of rotatable bonds is 3. The van der Waals surface area contributed by atoms with Crippen LogP contribution in [0.3, 0.4) is 0 Å². The predicted molar refractivity (Wildman–Crippen MR) is 86.3 cm³/mol. The molecule has 22 heavy (non-hydrogen) atoms. The molecule has 6 nitrogen and oxygen atoms in total. The van der Waals surface area contributed by atoms with Crippen molar-refractivity contribution in [2.24, 2.45) is 4.99 Å². The zero-order chi connectivity index (χ0) is 15.5. The first-order chi connectivity index (χ1) is 10.7. The number of carbonyl (C=O) groups is 2. The van der Waals surface area contributed by atoms with Crippen LogP contribution in [0.5, 0.6) is 5.75 Å². The third-order valence-electron chi connectivity index (χ3n) is 3.58. The van der Waals surface area contributed by atoms with Gasteiger partial charge in [-0.2, -0.15) is 0 Å². The van der Waals surface area contributed by atoms with E-state index in [4.69, 9.17) is 4.74 Å². The third-order valence-corrected chi connectivity index (χ3v) is 4.80. The normalized spacial score (nSPS) is 21.0. The highest BCUT2D eigenvalue weighted by Gasteiger charge is 2.36. The van der Waals surface area contributed by atoms with Gasteiger partial charge in [0, 0.05) is 25.2 Å². The molecule has 1 atom stereocenters. The first-order valence-electron chi connectivity index (χ1n) is 7.14. The number of hydrogen-bond acceptors (Lipinski definition) is 5. The molecule has 2 aliphatic heterocycles. The molecule has 116 valence electrons. The van der Waals surface area contributed by atoms with E-state index >= 15 is 0 Å². The molecule has 0 aliphatic carbocycles. The Bertz CT molecular complexity index is 615. The van der Waals surface area contributed by atoms with Crippen LogP contribution >= 0.6 is 11.8 Å². The molecule has 1 fully saturated rings. The summed E-state index contributed by atoms with van der Waals surface area (Å²) in [6.45, 7) is 1.43. The summed E-state index contributed by atoms with van der Waals surface area (Å²) in [7, 11) is 1.59. The summed E-state index contributed by atoms with van der Waals surface area (Å²) in [5, 5.41) is 3.09. The van der Waals surface area contributed by atoms with Gasteiger partial charge in [0.05, 0.1) is 7.11 Å². The van der Waals surface area contributed by atoms with Gasteiger partial charge in [0.15, 0.2) is 5.17 Å². The van der Waals surface area contributed by atoms with Crippen LogP contribution in [-0.2, 0) is 9.59 Å². The molecule has 1 aromatic rings. The summed E-state index contributed by atoms with van der Waals surface area (Å²) in [5.41, 5.74) is 0.687. The van der Waals surface area contributed by atoms with Gasteiger partial charge in [0.2, 0.25) is 11.8 Å². The molecule has 7 heteroatoms. The van der Waals surface area contributed by atoms with Crippen molar-refractivity contribution >= 4 is 34.4 Å². The maximum atomic E-state index is 12.4. The largest absolute Gasteiger partial charge is 0.497 e. The van der Waals surface area contributed by atoms with Gasteiger partial charge in [0.25, 0.3) is 0 Å². The SMILES string of the molecule is COc1ccc(NC(=O)C2CC(=O)N3CCCN=C3S2)cc1. The van der Waals surface area contributed by atoms with Crippen molar-refractivity contribution in [1.29, 1.82) is 0 Å². The van der Waals surface area contributed by atoms with Gasteiger partial charge in [-0.1, -0.05) is 11.8 Å². The van der Waals surface area contributed by atoms with Crippen LogP contribution in [-0.4, -0.2) is 47.3 Å². The number of aliphatic imine (C=N–C) groups is 1. The first kappa shape index (κ1) is 14.9. The van der Waals surface area contributed by atoms with Crippen molar-refractivity contribution in [2.45, 2.75) is 18.1 Å². The van der Waals surface area contributed by atoms with Gasteiger partial charge in [-0.05, 0) is 30.7 Å². The number of carbonyl (C=O) groups excluding carboxylic acids is 2. The molecule has 1 N–H and O–H groups in total. The first-order valence-corrected chi connectivity index (χ1v) is 8.02. The standard InChI is InChI=1S/C15H17N3O3S/c1-21-11-5-3-10(4-6-11)17-14(20)12-9-13(19)18-8-2-7-16-15(18)22-12/h3-6,12H,2,7-9H2,1H3,(H,17,20). The van der Waals surface area contributed by atoms with E-state index < -0.39 is 5.25 Å². The highest BCUT2D eigenvalue weighted by molar-refractivity contribution is 8.15. The molecule has 0 saturated carbocycles. The van der Waals surface area contributed by atoms with E-state index in [2.05, 4.69) is 10.3 Å². The zero-order valence-electron chi connectivity index (χ0n) is 12.2. The van der Waals surface area contributed by atoms with Crippen molar-refractivity contribution < 1.29 is 14.3 Å². The Morgan fingerprint density at radius 1 is 1.41 bits per heavy atom. The fourth-order valence-corrected chi connectivity index (χ4v) is 3.53. The Morgan fingerprint density at radius 3 is 2.91 bits per heavy atom. The molecule has 0 spiro atoms. The van der Waals surface area contributed by atoms with Gasteiger partial charge in [-0.15, -0.1) is 0 Å². The maximum Gasteiger partial charge on any atom is 0.238 e. The fraction of sp³-hybridized carbons (Fsp3) is 0.400. The zero-order valence-corrected chi connectivity index (χ0v) is 13.1. The van der Waals surface area contributed by atoms with Crippen LogP contribution in [0.25, 0.3) is 0 Å². The summed E-state index contributed by atoms with van der Waals surface area (Å²) in [6, 6.07) is 7.11. The lowest BCUT2D eigenvalue weighted by Crippen LogP contribution is -2.47. The topological polar surface area (TPSA) is 71.0 Å². The van der Waals surface area contributed by atoms with E-state index in [1.807, 2.05) is 0 Å². The highest BCUT2D eigenvalue weighted by atomic mass is 32.2. The number of ether oxygens (including phenoxy) is 1. The average Bonchev–Trinajstić information content (AvgIpc) is 2.55. The average molecular weight is 319 g/mol. The van der Waals surface area contributed by atoms with Gasteiger partial charge in [-0.25, -0.2) is 0 Å². The molecule has 2 amide bonds. The van der Waals surface area contributed by atoms with Crippen molar-refractivity contribution in [3.05, 3.63) is 24.3 Å². The van der Waals surface area contributed by atoms with Gasteiger partial charge < -0.3 is 10.1 Å². The second-order valence-corrected chi connectivity index (χ2v) is 6.26. The number of benzene rings is 1. The second kappa shape index (κ2) is 6.39. The Kier molecular flexibility index (Phi) is 4.33. The van der Waals surface area contributed by atoms with Crippen LogP contribution in [0, 0.1) is 0 Å².